The lowest BCUT2D eigenvalue weighted by Crippen LogP contribution is -2.15. The Balaban J connectivity index is 1.94. The fourth-order valence-electron chi connectivity index (χ4n) is 3.65. The zero-order valence-corrected chi connectivity index (χ0v) is 12.7. The van der Waals surface area contributed by atoms with E-state index in [0.29, 0.717) is 5.92 Å². The summed E-state index contributed by atoms with van der Waals surface area (Å²) in [6, 6.07) is 0. The summed E-state index contributed by atoms with van der Waals surface area (Å²) < 4.78 is 0. The molecule has 0 amide bonds. The standard InChI is InChI=1S/C17H27N3/c1-2-18-17-14-11-7-4-8-12-15(14)19-16(20-17)13-9-5-3-6-10-13/h13H,2-12H2,1H3,(H,18,19,20). The summed E-state index contributed by atoms with van der Waals surface area (Å²) in [7, 11) is 0. The van der Waals surface area contributed by atoms with Crippen LogP contribution < -0.4 is 5.32 Å². The fourth-order valence-corrected chi connectivity index (χ4v) is 3.65. The van der Waals surface area contributed by atoms with Gasteiger partial charge in [-0.3, -0.25) is 0 Å². The summed E-state index contributed by atoms with van der Waals surface area (Å²) in [5.74, 6) is 2.87. The predicted octanol–water partition coefficient (Wildman–Crippen LogP) is 4.23. The van der Waals surface area contributed by atoms with Gasteiger partial charge in [-0.1, -0.05) is 25.7 Å². The summed E-state index contributed by atoms with van der Waals surface area (Å²) >= 11 is 0. The Kier molecular flexibility index (Phi) is 4.54. The molecule has 3 heteroatoms. The first-order chi connectivity index (χ1) is 9.88. The maximum atomic E-state index is 4.99. The van der Waals surface area contributed by atoms with Crippen molar-refractivity contribution in [2.45, 2.75) is 77.0 Å². The summed E-state index contributed by atoms with van der Waals surface area (Å²) in [5.41, 5.74) is 2.75. The topological polar surface area (TPSA) is 37.8 Å². The van der Waals surface area contributed by atoms with Gasteiger partial charge in [0.1, 0.15) is 11.6 Å². The molecule has 1 saturated carbocycles. The van der Waals surface area contributed by atoms with Crippen molar-refractivity contribution >= 4 is 5.82 Å². The van der Waals surface area contributed by atoms with E-state index in [1.165, 1.54) is 62.6 Å². The number of anilines is 1. The van der Waals surface area contributed by atoms with E-state index in [9.17, 15) is 0 Å². The van der Waals surface area contributed by atoms with Crippen molar-refractivity contribution in [3.8, 4) is 0 Å². The Labute approximate surface area is 122 Å². The van der Waals surface area contributed by atoms with Crippen molar-refractivity contribution in [1.82, 2.24) is 9.97 Å². The number of nitrogens with zero attached hydrogens (tertiary/aromatic N) is 2. The molecule has 0 radical (unpaired) electrons. The molecule has 1 aromatic rings. The molecule has 0 spiro atoms. The van der Waals surface area contributed by atoms with Gasteiger partial charge in [-0.15, -0.1) is 0 Å². The van der Waals surface area contributed by atoms with Crippen LogP contribution in [0.2, 0.25) is 0 Å². The molecule has 1 aromatic heterocycles. The molecule has 2 aliphatic carbocycles. The molecule has 0 aromatic carbocycles. The molecular formula is C17H27N3. The average molecular weight is 273 g/mol. The molecule has 0 saturated heterocycles. The summed E-state index contributed by atoms with van der Waals surface area (Å²) in [5, 5.41) is 3.49. The van der Waals surface area contributed by atoms with Crippen LogP contribution >= 0.6 is 0 Å². The third kappa shape index (κ3) is 2.97. The lowest BCUT2D eigenvalue weighted by atomic mass is 9.88. The molecule has 0 unspecified atom stereocenters. The third-order valence-electron chi connectivity index (χ3n) is 4.76. The molecule has 0 bridgehead atoms. The second-order valence-electron chi connectivity index (χ2n) is 6.28. The number of rotatable bonds is 3. The van der Waals surface area contributed by atoms with Gasteiger partial charge in [0, 0.05) is 23.7 Å². The Morgan fingerprint density at radius 2 is 1.70 bits per heavy atom. The largest absolute Gasteiger partial charge is 0.370 e. The van der Waals surface area contributed by atoms with Crippen LogP contribution in [0.1, 0.15) is 81.3 Å². The van der Waals surface area contributed by atoms with E-state index in [2.05, 4.69) is 12.2 Å². The van der Waals surface area contributed by atoms with Gasteiger partial charge in [0.05, 0.1) is 0 Å². The number of aryl methyl sites for hydroxylation is 1. The van der Waals surface area contributed by atoms with Crippen molar-refractivity contribution in [3.63, 3.8) is 0 Å². The summed E-state index contributed by atoms with van der Waals surface area (Å²) in [6.45, 7) is 3.11. The zero-order chi connectivity index (χ0) is 13.8. The minimum absolute atomic E-state index is 0.606. The lowest BCUT2D eigenvalue weighted by Gasteiger charge is -2.22. The lowest BCUT2D eigenvalue weighted by molar-refractivity contribution is 0.427. The van der Waals surface area contributed by atoms with Crippen LogP contribution in [0, 0.1) is 0 Å². The molecule has 1 N–H and O–H groups in total. The summed E-state index contributed by atoms with van der Waals surface area (Å²) in [4.78, 5) is 9.91. The Morgan fingerprint density at radius 3 is 2.50 bits per heavy atom. The van der Waals surface area contributed by atoms with E-state index in [4.69, 9.17) is 9.97 Å². The van der Waals surface area contributed by atoms with Crippen LogP contribution in [0.25, 0.3) is 0 Å². The highest BCUT2D eigenvalue weighted by atomic mass is 15.0. The van der Waals surface area contributed by atoms with Crippen molar-refractivity contribution < 1.29 is 0 Å². The minimum Gasteiger partial charge on any atom is -0.370 e. The SMILES string of the molecule is CCNc1nc(C2CCCCC2)nc2c1CCCCC2. The summed E-state index contributed by atoms with van der Waals surface area (Å²) in [6.07, 6.45) is 12.9. The van der Waals surface area contributed by atoms with Crippen LogP contribution in [0.3, 0.4) is 0 Å². The van der Waals surface area contributed by atoms with Gasteiger partial charge in [-0.2, -0.15) is 0 Å². The molecular weight excluding hydrogens is 246 g/mol. The monoisotopic (exact) mass is 273 g/mol. The second-order valence-corrected chi connectivity index (χ2v) is 6.28. The van der Waals surface area contributed by atoms with E-state index in [1.807, 2.05) is 0 Å². The number of hydrogen-bond acceptors (Lipinski definition) is 3. The number of nitrogens with one attached hydrogen (secondary N) is 1. The molecule has 0 aliphatic heterocycles. The minimum atomic E-state index is 0.606. The molecule has 3 nitrogen and oxygen atoms in total. The average Bonchev–Trinajstić information content (AvgIpc) is 2.74. The first-order valence-corrected chi connectivity index (χ1v) is 8.52. The number of fused-ring (bicyclic) bond motifs is 1. The zero-order valence-electron chi connectivity index (χ0n) is 12.7. The highest BCUT2D eigenvalue weighted by Crippen LogP contribution is 2.33. The van der Waals surface area contributed by atoms with Gasteiger partial charge in [0.25, 0.3) is 0 Å². The Bertz CT molecular complexity index is 450. The highest BCUT2D eigenvalue weighted by Gasteiger charge is 2.22. The van der Waals surface area contributed by atoms with E-state index in [0.717, 1.165) is 31.0 Å². The van der Waals surface area contributed by atoms with Crippen LogP contribution in [0.5, 0.6) is 0 Å². The van der Waals surface area contributed by atoms with Gasteiger partial charge in [0.2, 0.25) is 0 Å². The Hall–Kier alpha value is -1.12. The first kappa shape index (κ1) is 13.8. The van der Waals surface area contributed by atoms with Gasteiger partial charge in [-0.25, -0.2) is 9.97 Å². The van der Waals surface area contributed by atoms with Crippen molar-refractivity contribution in [2.24, 2.45) is 0 Å². The predicted molar refractivity (Wildman–Crippen MR) is 83.3 cm³/mol. The van der Waals surface area contributed by atoms with Gasteiger partial charge in [-0.05, 0) is 45.4 Å². The van der Waals surface area contributed by atoms with Gasteiger partial charge >= 0.3 is 0 Å². The Morgan fingerprint density at radius 1 is 0.950 bits per heavy atom. The van der Waals surface area contributed by atoms with E-state index >= 15 is 0 Å². The van der Waals surface area contributed by atoms with Gasteiger partial charge in [0.15, 0.2) is 0 Å². The molecule has 1 fully saturated rings. The van der Waals surface area contributed by atoms with Gasteiger partial charge < -0.3 is 5.32 Å². The van der Waals surface area contributed by atoms with Crippen molar-refractivity contribution in [1.29, 1.82) is 0 Å². The quantitative estimate of drug-likeness (QED) is 0.838. The molecule has 110 valence electrons. The second kappa shape index (κ2) is 6.55. The molecule has 20 heavy (non-hydrogen) atoms. The molecule has 0 atom stereocenters. The fraction of sp³-hybridized carbons (Fsp3) is 0.765. The highest BCUT2D eigenvalue weighted by molar-refractivity contribution is 5.47. The van der Waals surface area contributed by atoms with E-state index in [-0.39, 0.29) is 0 Å². The molecule has 1 heterocycles. The van der Waals surface area contributed by atoms with Crippen molar-refractivity contribution in [3.05, 3.63) is 17.1 Å². The number of hydrogen-bond donors (Lipinski definition) is 1. The van der Waals surface area contributed by atoms with Crippen LogP contribution in [-0.2, 0) is 12.8 Å². The van der Waals surface area contributed by atoms with Crippen LogP contribution in [-0.4, -0.2) is 16.5 Å². The maximum Gasteiger partial charge on any atom is 0.134 e. The van der Waals surface area contributed by atoms with Crippen molar-refractivity contribution in [2.75, 3.05) is 11.9 Å². The third-order valence-corrected chi connectivity index (χ3v) is 4.76. The number of aromatic nitrogens is 2. The smallest absolute Gasteiger partial charge is 0.134 e. The molecule has 3 rings (SSSR count). The van der Waals surface area contributed by atoms with E-state index in [1.54, 1.807) is 0 Å². The maximum absolute atomic E-state index is 4.99. The molecule has 2 aliphatic rings. The van der Waals surface area contributed by atoms with Crippen LogP contribution in [0.15, 0.2) is 0 Å². The normalized spacial score (nSPS) is 20.2. The first-order valence-electron chi connectivity index (χ1n) is 8.52. The van der Waals surface area contributed by atoms with E-state index < -0.39 is 0 Å². The van der Waals surface area contributed by atoms with Crippen LogP contribution in [0.4, 0.5) is 5.82 Å².